The third-order valence-corrected chi connectivity index (χ3v) is 2.44. The number of hydrogen-bond acceptors (Lipinski definition) is 4. The first-order valence-corrected chi connectivity index (χ1v) is 7.12. The number of carbonyl (C=O) groups is 1. The number of esters is 1. The molecule has 18 heavy (non-hydrogen) atoms. The summed E-state index contributed by atoms with van der Waals surface area (Å²) in [4.78, 5) is 11.3. The molecule has 0 bridgehead atoms. The first-order valence-electron chi connectivity index (χ1n) is 7.12. The van der Waals surface area contributed by atoms with Gasteiger partial charge in [0.25, 0.3) is 0 Å². The monoisotopic (exact) mass is 260 g/mol. The van der Waals surface area contributed by atoms with E-state index in [1.165, 1.54) is 0 Å². The van der Waals surface area contributed by atoms with Gasteiger partial charge in [0.1, 0.15) is 6.61 Å². The lowest BCUT2D eigenvalue weighted by Gasteiger charge is -2.06. The van der Waals surface area contributed by atoms with Crippen LogP contribution in [0.15, 0.2) is 0 Å². The zero-order valence-corrected chi connectivity index (χ0v) is 11.9. The van der Waals surface area contributed by atoms with Gasteiger partial charge in [-0.1, -0.05) is 26.7 Å². The second-order valence-electron chi connectivity index (χ2n) is 4.26. The van der Waals surface area contributed by atoms with E-state index in [1.54, 1.807) is 0 Å². The molecule has 0 radical (unpaired) electrons. The molecular weight excluding hydrogens is 232 g/mol. The van der Waals surface area contributed by atoms with Crippen LogP contribution in [0.1, 0.15) is 52.4 Å². The Bertz CT molecular complexity index is 165. The van der Waals surface area contributed by atoms with Gasteiger partial charge in [-0.25, -0.2) is 0 Å². The highest BCUT2D eigenvalue weighted by Gasteiger charge is 2.02. The molecule has 0 unspecified atom stereocenters. The van der Waals surface area contributed by atoms with Gasteiger partial charge in [0.05, 0.1) is 6.61 Å². The molecule has 0 aliphatic rings. The van der Waals surface area contributed by atoms with Gasteiger partial charge in [-0.15, -0.1) is 0 Å². The first-order chi connectivity index (χ1) is 8.81. The molecule has 4 heteroatoms. The van der Waals surface area contributed by atoms with E-state index in [0.29, 0.717) is 26.2 Å². The first kappa shape index (κ1) is 17.4. The fourth-order valence-corrected chi connectivity index (χ4v) is 1.30. The lowest BCUT2D eigenvalue weighted by atomic mass is 10.3. The van der Waals surface area contributed by atoms with E-state index in [2.05, 4.69) is 13.8 Å². The summed E-state index contributed by atoms with van der Waals surface area (Å²) >= 11 is 0. The van der Waals surface area contributed by atoms with E-state index < -0.39 is 0 Å². The van der Waals surface area contributed by atoms with E-state index in [4.69, 9.17) is 14.2 Å². The average Bonchev–Trinajstić information content (AvgIpc) is 2.38. The highest BCUT2D eigenvalue weighted by molar-refractivity contribution is 5.69. The van der Waals surface area contributed by atoms with E-state index in [0.717, 1.165) is 45.3 Å². The highest BCUT2D eigenvalue weighted by Crippen LogP contribution is 1.96. The number of hydrogen-bond donors (Lipinski definition) is 0. The zero-order valence-electron chi connectivity index (χ0n) is 11.9. The van der Waals surface area contributed by atoms with Crippen LogP contribution in [0, 0.1) is 0 Å². The van der Waals surface area contributed by atoms with Gasteiger partial charge in [0.2, 0.25) is 0 Å². The van der Waals surface area contributed by atoms with Gasteiger partial charge in [-0.3, -0.25) is 4.79 Å². The van der Waals surface area contributed by atoms with Crippen LogP contribution >= 0.6 is 0 Å². The maximum absolute atomic E-state index is 11.3. The molecule has 0 aliphatic carbocycles. The van der Waals surface area contributed by atoms with E-state index in [9.17, 15) is 4.79 Å². The normalized spacial score (nSPS) is 10.6. The summed E-state index contributed by atoms with van der Waals surface area (Å²) in [6.45, 7) is 7.28. The molecular formula is C14H28O4. The summed E-state index contributed by atoms with van der Waals surface area (Å²) < 4.78 is 15.7. The molecule has 0 fully saturated rings. The smallest absolute Gasteiger partial charge is 0.305 e. The molecule has 0 amide bonds. The van der Waals surface area contributed by atoms with Crippen molar-refractivity contribution in [3.05, 3.63) is 0 Å². The van der Waals surface area contributed by atoms with Crippen molar-refractivity contribution in [2.75, 3.05) is 33.0 Å². The Morgan fingerprint density at radius 2 is 1.33 bits per heavy atom. The Kier molecular flexibility index (Phi) is 14.0. The van der Waals surface area contributed by atoms with Crippen LogP contribution in [0.25, 0.3) is 0 Å². The molecule has 4 nitrogen and oxygen atoms in total. The van der Waals surface area contributed by atoms with Gasteiger partial charge in [-0.05, 0) is 19.3 Å². The van der Waals surface area contributed by atoms with Gasteiger partial charge in [0, 0.05) is 26.2 Å². The Morgan fingerprint density at radius 3 is 1.94 bits per heavy atom. The van der Waals surface area contributed by atoms with Crippen LogP contribution in [-0.4, -0.2) is 39.0 Å². The van der Waals surface area contributed by atoms with Crippen LogP contribution in [0.3, 0.4) is 0 Å². The Morgan fingerprint density at radius 1 is 0.778 bits per heavy atom. The summed E-state index contributed by atoms with van der Waals surface area (Å²) in [6.07, 6.45) is 5.57. The quantitative estimate of drug-likeness (QED) is 0.377. The van der Waals surface area contributed by atoms with E-state index in [1.807, 2.05) is 0 Å². The van der Waals surface area contributed by atoms with Crippen molar-refractivity contribution in [2.24, 2.45) is 0 Å². The minimum absolute atomic E-state index is 0.159. The van der Waals surface area contributed by atoms with Crippen molar-refractivity contribution < 1.29 is 19.0 Å². The lowest BCUT2D eigenvalue weighted by molar-refractivity contribution is -0.145. The molecule has 0 N–H and O–H groups in total. The molecule has 0 heterocycles. The number of carbonyl (C=O) groups excluding carboxylic acids is 1. The van der Waals surface area contributed by atoms with Crippen LogP contribution in [0.2, 0.25) is 0 Å². The summed E-state index contributed by atoms with van der Waals surface area (Å²) in [6, 6.07) is 0. The lowest BCUT2D eigenvalue weighted by Crippen LogP contribution is -2.11. The molecule has 0 atom stereocenters. The maximum Gasteiger partial charge on any atom is 0.305 e. The fourth-order valence-electron chi connectivity index (χ4n) is 1.30. The topological polar surface area (TPSA) is 44.8 Å². The van der Waals surface area contributed by atoms with Crippen LogP contribution in [-0.2, 0) is 19.0 Å². The minimum atomic E-state index is -0.159. The largest absolute Gasteiger partial charge is 0.463 e. The van der Waals surface area contributed by atoms with Crippen molar-refractivity contribution in [3.63, 3.8) is 0 Å². The summed E-state index contributed by atoms with van der Waals surface area (Å²) in [5.41, 5.74) is 0. The third-order valence-electron chi connectivity index (χ3n) is 2.44. The van der Waals surface area contributed by atoms with Crippen LogP contribution in [0.5, 0.6) is 0 Å². The minimum Gasteiger partial charge on any atom is -0.463 e. The fraction of sp³-hybridized carbons (Fsp3) is 0.929. The van der Waals surface area contributed by atoms with Crippen molar-refractivity contribution in [3.8, 4) is 0 Å². The molecule has 0 aromatic heterocycles. The molecule has 0 spiro atoms. The summed E-state index contributed by atoms with van der Waals surface area (Å²) in [5, 5.41) is 0. The molecule has 0 aromatic carbocycles. The van der Waals surface area contributed by atoms with Gasteiger partial charge in [0.15, 0.2) is 0 Å². The molecule has 0 aromatic rings. The summed E-state index contributed by atoms with van der Waals surface area (Å²) in [7, 11) is 0. The highest BCUT2D eigenvalue weighted by atomic mass is 16.6. The Balaban J connectivity index is 3.12. The molecule has 0 rings (SSSR count). The van der Waals surface area contributed by atoms with Crippen molar-refractivity contribution >= 4 is 5.97 Å². The Hall–Kier alpha value is -0.610. The number of rotatable bonds is 13. The zero-order chi connectivity index (χ0) is 13.5. The van der Waals surface area contributed by atoms with Crippen LogP contribution in [0.4, 0.5) is 0 Å². The Labute approximate surface area is 111 Å². The van der Waals surface area contributed by atoms with Gasteiger partial charge in [-0.2, -0.15) is 0 Å². The second kappa shape index (κ2) is 14.5. The molecule has 0 saturated heterocycles. The van der Waals surface area contributed by atoms with Gasteiger partial charge >= 0.3 is 5.97 Å². The predicted octanol–water partition coefficient (Wildman–Crippen LogP) is 2.94. The third kappa shape index (κ3) is 13.5. The van der Waals surface area contributed by atoms with Crippen molar-refractivity contribution in [2.45, 2.75) is 52.4 Å². The predicted molar refractivity (Wildman–Crippen MR) is 71.6 cm³/mol. The SMILES string of the molecule is CCCCOCCCC(=O)OCCOCCCC. The molecule has 0 aliphatic heterocycles. The number of ether oxygens (including phenoxy) is 3. The van der Waals surface area contributed by atoms with E-state index >= 15 is 0 Å². The van der Waals surface area contributed by atoms with Crippen molar-refractivity contribution in [1.29, 1.82) is 0 Å². The summed E-state index contributed by atoms with van der Waals surface area (Å²) in [5.74, 6) is -0.159. The van der Waals surface area contributed by atoms with Crippen LogP contribution < -0.4 is 0 Å². The van der Waals surface area contributed by atoms with E-state index in [-0.39, 0.29) is 5.97 Å². The van der Waals surface area contributed by atoms with Crippen molar-refractivity contribution in [1.82, 2.24) is 0 Å². The standard InChI is InChI=1S/C14H28O4/c1-3-5-9-16-11-7-8-14(15)18-13-12-17-10-6-4-2/h3-13H2,1-2H3. The van der Waals surface area contributed by atoms with Gasteiger partial charge < -0.3 is 14.2 Å². The average molecular weight is 260 g/mol. The number of unbranched alkanes of at least 4 members (excludes halogenated alkanes) is 2. The second-order valence-corrected chi connectivity index (χ2v) is 4.26. The molecule has 108 valence electrons. The molecule has 0 saturated carbocycles. The maximum atomic E-state index is 11.3.